The number of fused-ring (bicyclic) bond motifs is 1. The van der Waals surface area contributed by atoms with Crippen LogP contribution in [0.25, 0.3) is 10.9 Å². The van der Waals surface area contributed by atoms with Gasteiger partial charge in [0.05, 0.1) is 35.4 Å². The summed E-state index contributed by atoms with van der Waals surface area (Å²) in [7, 11) is 1.15. The largest absolute Gasteiger partial charge is 0.465 e. The molecule has 0 bridgehead atoms. The zero-order valence-electron chi connectivity index (χ0n) is 19.5. The lowest BCUT2D eigenvalue weighted by Gasteiger charge is -2.24. The van der Waals surface area contributed by atoms with E-state index in [1.165, 1.54) is 12.3 Å². The van der Waals surface area contributed by atoms with Crippen LogP contribution in [0, 0.1) is 5.82 Å². The highest BCUT2D eigenvalue weighted by molar-refractivity contribution is 6.31. The van der Waals surface area contributed by atoms with Crippen molar-refractivity contribution < 1.29 is 32.7 Å². The maximum absolute atomic E-state index is 14.5. The summed E-state index contributed by atoms with van der Waals surface area (Å²) < 4.78 is 34.5. The number of para-hydroxylation sites is 1. The van der Waals surface area contributed by atoms with Crippen LogP contribution in [-0.2, 0) is 16.1 Å². The van der Waals surface area contributed by atoms with Crippen LogP contribution in [0.3, 0.4) is 0 Å². The van der Waals surface area contributed by atoms with Crippen molar-refractivity contribution in [1.82, 2.24) is 14.8 Å². The van der Waals surface area contributed by atoms with Crippen molar-refractivity contribution in [3.8, 4) is 0 Å². The number of nitrogens with one attached hydrogen (secondary N) is 2. The Morgan fingerprint density at radius 3 is 2.65 bits per heavy atom. The summed E-state index contributed by atoms with van der Waals surface area (Å²) in [6.07, 6.45) is -0.403. The molecule has 0 unspecified atom stereocenters. The van der Waals surface area contributed by atoms with E-state index in [4.69, 9.17) is 17.3 Å². The number of benzene rings is 2. The topological polar surface area (TPSA) is 136 Å². The van der Waals surface area contributed by atoms with Gasteiger partial charge in [-0.2, -0.15) is 0 Å². The van der Waals surface area contributed by atoms with Crippen molar-refractivity contribution in [2.75, 3.05) is 19.0 Å². The fraction of sp³-hybridized carbons (Fsp3) is 0.250. The van der Waals surface area contributed by atoms with Gasteiger partial charge in [0.2, 0.25) is 5.91 Å². The van der Waals surface area contributed by atoms with E-state index in [1.807, 2.05) is 0 Å². The lowest BCUT2D eigenvalue weighted by molar-refractivity contribution is -0.124. The number of carbonyl (C=O) groups is 4. The second kappa shape index (κ2) is 10.4. The summed E-state index contributed by atoms with van der Waals surface area (Å²) in [5.41, 5.74) is 6.00. The summed E-state index contributed by atoms with van der Waals surface area (Å²) in [6, 6.07) is 6.25. The zero-order chi connectivity index (χ0) is 26.9. The third-order valence-electron chi connectivity index (χ3n) is 5.98. The lowest BCUT2D eigenvalue weighted by atomic mass is 10.1. The summed E-state index contributed by atoms with van der Waals surface area (Å²) in [5.74, 6) is -2.32. The van der Waals surface area contributed by atoms with E-state index in [2.05, 4.69) is 15.4 Å². The molecular weight excluding hydrogens is 512 g/mol. The highest BCUT2D eigenvalue weighted by Gasteiger charge is 2.40. The van der Waals surface area contributed by atoms with Gasteiger partial charge in [0.25, 0.3) is 0 Å². The Labute approximate surface area is 214 Å². The number of carbonyl (C=O) groups excluding carboxylic acids is 4. The second-order valence-corrected chi connectivity index (χ2v) is 8.75. The number of halogens is 3. The van der Waals surface area contributed by atoms with Crippen LogP contribution in [-0.4, -0.2) is 59.3 Å². The molecule has 0 radical (unpaired) electrons. The van der Waals surface area contributed by atoms with Gasteiger partial charge in [-0.05, 0) is 18.2 Å². The fourth-order valence-corrected chi connectivity index (χ4v) is 4.46. The van der Waals surface area contributed by atoms with Gasteiger partial charge < -0.3 is 26.0 Å². The Kier molecular flexibility index (Phi) is 7.30. The van der Waals surface area contributed by atoms with Gasteiger partial charge in [0.15, 0.2) is 0 Å². The van der Waals surface area contributed by atoms with Crippen LogP contribution in [0.1, 0.15) is 22.3 Å². The molecular formula is C24H22ClF2N5O5. The molecule has 10 nitrogen and oxygen atoms in total. The lowest BCUT2D eigenvalue weighted by Crippen LogP contribution is -2.47. The summed E-state index contributed by atoms with van der Waals surface area (Å²) >= 11 is 5.85. The van der Waals surface area contributed by atoms with Gasteiger partial charge >= 0.3 is 18.0 Å². The number of hydrogen-bond acceptors (Lipinski definition) is 5. The number of urea groups is 1. The van der Waals surface area contributed by atoms with Gasteiger partial charge in [-0.1, -0.05) is 29.8 Å². The first-order valence-electron chi connectivity index (χ1n) is 11.1. The van der Waals surface area contributed by atoms with Gasteiger partial charge in [-0.3, -0.25) is 9.36 Å². The maximum Gasteiger partial charge on any atom is 0.337 e. The zero-order valence-corrected chi connectivity index (χ0v) is 20.2. The molecule has 37 heavy (non-hydrogen) atoms. The highest BCUT2D eigenvalue weighted by atomic mass is 35.5. The van der Waals surface area contributed by atoms with E-state index in [1.54, 1.807) is 24.3 Å². The average Bonchev–Trinajstić information content (AvgIpc) is 3.45. The summed E-state index contributed by atoms with van der Waals surface area (Å²) in [6.45, 7) is -0.722. The van der Waals surface area contributed by atoms with Gasteiger partial charge in [-0.15, -0.1) is 0 Å². The number of anilines is 1. The third-order valence-corrected chi connectivity index (χ3v) is 6.26. The molecule has 0 aliphatic carbocycles. The number of likely N-dealkylation sites (tertiary alicyclic amines) is 1. The van der Waals surface area contributed by atoms with E-state index in [0.717, 1.165) is 22.6 Å². The fourth-order valence-electron chi connectivity index (χ4n) is 4.22. The minimum absolute atomic E-state index is 0.0148. The number of primary amides is 1. The summed E-state index contributed by atoms with van der Waals surface area (Å²) in [4.78, 5) is 50.5. The van der Waals surface area contributed by atoms with Crippen molar-refractivity contribution in [3.63, 3.8) is 0 Å². The summed E-state index contributed by atoms with van der Waals surface area (Å²) in [5, 5.41) is 5.25. The Morgan fingerprint density at radius 2 is 1.95 bits per heavy atom. The number of ether oxygens (including phenoxy) is 1. The minimum atomic E-state index is -1.47. The molecule has 0 saturated carbocycles. The Balaban J connectivity index is 1.50. The van der Waals surface area contributed by atoms with Crippen LogP contribution >= 0.6 is 11.6 Å². The molecule has 1 aliphatic heterocycles. The predicted molar refractivity (Wildman–Crippen MR) is 131 cm³/mol. The smallest absolute Gasteiger partial charge is 0.337 e. The number of esters is 1. The number of alkyl halides is 1. The minimum Gasteiger partial charge on any atom is -0.465 e. The molecule has 4 N–H and O–H groups in total. The number of nitrogens with two attached hydrogens (primary N) is 1. The number of nitrogens with zero attached hydrogens (tertiary/aromatic N) is 2. The normalized spacial score (nSPS) is 17.0. The molecule has 13 heteroatoms. The monoisotopic (exact) mass is 533 g/mol. The van der Waals surface area contributed by atoms with Gasteiger partial charge in [0, 0.05) is 30.1 Å². The van der Waals surface area contributed by atoms with E-state index >= 15 is 0 Å². The standard InChI is InChI=1S/C24H22ClF2N5O5/c1-37-22(34)12-6-13(20(27)16(25)7-12)9-29-21(33)19-8-14(26)10-32(19)24(36)30-17-11-31(23(28)35)18-5-3-2-4-15(17)18/h2-7,11,14,19H,8-10H2,1H3,(H2,28,35)(H,29,33)(H,30,36)/t14-,19+/m1/s1. The van der Waals surface area contributed by atoms with E-state index in [-0.39, 0.29) is 41.3 Å². The molecule has 1 aliphatic rings. The van der Waals surface area contributed by atoms with Crippen LogP contribution in [0.4, 0.5) is 24.1 Å². The van der Waals surface area contributed by atoms with Crippen LogP contribution in [0.15, 0.2) is 42.6 Å². The quantitative estimate of drug-likeness (QED) is 0.432. The molecule has 3 aromatic rings. The molecule has 2 atom stereocenters. The van der Waals surface area contributed by atoms with Crippen molar-refractivity contribution in [2.24, 2.45) is 5.73 Å². The number of aromatic nitrogens is 1. The van der Waals surface area contributed by atoms with Crippen LogP contribution in [0.2, 0.25) is 5.02 Å². The number of amides is 4. The molecule has 1 saturated heterocycles. The van der Waals surface area contributed by atoms with Crippen LogP contribution < -0.4 is 16.4 Å². The Morgan fingerprint density at radius 1 is 1.22 bits per heavy atom. The number of rotatable bonds is 5. The number of hydrogen-bond donors (Lipinski definition) is 3. The van der Waals surface area contributed by atoms with Gasteiger partial charge in [-0.25, -0.2) is 23.2 Å². The molecule has 1 fully saturated rings. The number of methoxy groups -OCH3 is 1. The first kappa shape index (κ1) is 25.9. The molecule has 194 valence electrons. The SMILES string of the molecule is COC(=O)c1cc(Cl)c(F)c(CNC(=O)[C@@H]2C[C@@H](F)CN2C(=O)Nc2cn(C(N)=O)c3ccccc23)c1. The Hall–Kier alpha value is -4.19. The Bertz CT molecular complexity index is 1410. The molecule has 4 amide bonds. The first-order valence-corrected chi connectivity index (χ1v) is 11.4. The second-order valence-electron chi connectivity index (χ2n) is 8.34. The molecule has 1 aromatic heterocycles. The van der Waals surface area contributed by atoms with E-state index < -0.39 is 42.0 Å². The van der Waals surface area contributed by atoms with Crippen LogP contribution in [0.5, 0.6) is 0 Å². The average molecular weight is 534 g/mol. The third kappa shape index (κ3) is 5.19. The van der Waals surface area contributed by atoms with Crippen molar-refractivity contribution in [3.05, 3.63) is 64.6 Å². The predicted octanol–water partition coefficient (Wildman–Crippen LogP) is 3.41. The molecule has 2 aromatic carbocycles. The molecule has 0 spiro atoms. The van der Waals surface area contributed by atoms with E-state index in [9.17, 15) is 28.0 Å². The van der Waals surface area contributed by atoms with Gasteiger partial charge in [0.1, 0.15) is 18.0 Å². The maximum atomic E-state index is 14.5. The van der Waals surface area contributed by atoms with E-state index in [0.29, 0.717) is 10.9 Å². The van der Waals surface area contributed by atoms with Crippen molar-refractivity contribution in [1.29, 1.82) is 0 Å². The highest BCUT2D eigenvalue weighted by Crippen LogP contribution is 2.28. The first-order chi connectivity index (χ1) is 17.6. The van der Waals surface area contributed by atoms with Crippen molar-refractivity contribution in [2.45, 2.75) is 25.2 Å². The molecule has 2 heterocycles. The van der Waals surface area contributed by atoms with Crippen molar-refractivity contribution >= 4 is 52.1 Å². The molecule has 4 rings (SSSR count).